The summed E-state index contributed by atoms with van der Waals surface area (Å²) in [5.41, 5.74) is 2.84. The summed E-state index contributed by atoms with van der Waals surface area (Å²) in [5.74, 6) is 3.75. The Bertz CT molecular complexity index is 559. The van der Waals surface area contributed by atoms with Crippen LogP contribution in [-0.2, 0) is 11.5 Å². The lowest BCUT2D eigenvalue weighted by molar-refractivity contribution is 0.636. The Kier molecular flexibility index (Phi) is 10.3. The molecular formula is C22H29BS2. The molecule has 0 amide bonds. The van der Waals surface area contributed by atoms with Gasteiger partial charge in [0.2, 0.25) is 0 Å². The summed E-state index contributed by atoms with van der Waals surface area (Å²) in [7, 11) is 6.33. The minimum Gasteiger partial charge on any atom is -0.157 e. The van der Waals surface area contributed by atoms with Gasteiger partial charge in [0, 0.05) is 16.8 Å². The molecule has 2 unspecified atom stereocenters. The number of rotatable bonds is 12. The Hall–Kier alpha value is -0.795. The molecule has 0 fully saturated rings. The predicted molar refractivity (Wildman–Crippen MR) is 118 cm³/mol. The SMILES string of the molecule is [B]C(CCC)CC(CCSCc1ccccc1)SCc1ccccc1. The fourth-order valence-corrected chi connectivity index (χ4v) is 5.32. The van der Waals surface area contributed by atoms with E-state index in [1.165, 1.54) is 29.7 Å². The van der Waals surface area contributed by atoms with Gasteiger partial charge >= 0.3 is 0 Å². The van der Waals surface area contributed by atoms with Crippen LogP contribution in [0.4, 0.5) is 0 Å². The van der Waals surface area contributed by atoms with E-state index < -0.39 is 0 Å². The maximum absolute atomic E-state index is 6.33. The van der Waals surface area contributed by atoms with E-state index in [1.807, 2.05) is 11.8 Å². The van der Waals surface area contributed by atoms with E-state index in [1.54, 1.807) is 0 Å². The molecule has 2 radical (unpaired) electrons. The summed E-state index contributed by atoms with van der Waals surface area (Å²) >= 11 is 4.12. The second-order valence-corrected chi connectivity index (χ2v) is 8.92. The van der Waals surface area contributed by atoms with E-state index in [0.717, 1.165) is 24.3 Å². The van der Waals surface area contributed by atoms with Gasteiger partial charge in [-0.1, -0.05) is 86.2 Å². The average molecular weight is 368 g/mol. The van der Waals surface area contributed by atoms with Crippen molar-refractivity contribution in [2.24, 2.45) is 0 Å². The second kappa shape index (κ2) is 12.5. The molecule has 25 heavy (non-hydrogen) atoms. The zero-order valence-electron chi connectivity index (χ0n) is 15.3. The Morgan fingerprint density at radius 3 is 2.04 bits per heavy atom. The third-order valence-corrected chi connectivity index (χ3v) is 6.71. The maximum Gasteiger partial charge on any atom is 0.0700 e. The highest BCUT2D eigenvalue weighted by molar-refractivity contribution is 7.99. The molecule has 0 aromatic heterocycles. The van der Waals surface area contributed by atoms with Crippen LogP contribution >= 0.6 is 23.5 Å². The third-order valence-electron chi connectivity index (χ3n) is 4.25. The first kappa shape index (κ1) is 20.5. The van der Waals surface area contributed by atoms with E-state index in [0.29, 0.717) is 11.1 Å². The minimum absolute atomic E-state index is 0.345. The molecule has 0 N–H and O–H groups in total. The van der Waals surface area contributed by atoms with Crippen LogP contribution in [-0.4, -0.2) is 18.8 Å². The summed E-state index contributed by atoms with van der Waals surface area (Å²) in [5, 5.41) is 0.657. The lowest BCUT2D eigenvalue weighted by Crippen LogP contribution is -2.09. The van der Waals surface area contributed by atoms with Gasteiger partial charge in [-0.2, -0.15) is 23.5 Å². The molecule has 2 rings (SSSR count). The average Bonchev–Trinajstić information content (AvgIpc) is 2.65. The fraction of sp³-hybridized carbons (Fsp3) is 0.455. The molecule has 0 saturated carbocycles. The lowest BCUT2D eigenvalue weighted by Gasteiger charge is -2.21. The van der Waals surface area contributed by atoms with Crippen LogP contribution < -0.4 is 0 Å². The van der Waals surface area contributed by atoms with E-state index in [-0.39, 0.29) is 0 Å². The van der Waals surface area contributed by atoms with Gasteiger partial charge < -0.3 is 0 Å². The van der Waals surface area contributed by atoms with Crippen LogP contribution in [0.25, 0.3) is 0 Å². The summed E-state index contributed by atoms with van der Waals surface area (Å²) in [4.78, 5) is 0. The van der Waals surface area contributed by atoms with Crippen LogP contribution in [0.5, 0.6) is 0 Å². The lowest BCUT2D eigenvalue weighted by atomic mass is 9.80. The van der Waals surface area contributed by atoms with Gasteiger partial charge in [-0.25, -0.2) is 0 Å². The van der Waals surface area contributed by atoms with E-state index in [2.05, 4.69) is 79.3 Å². The topological polar surface area (TPSA) is 0 Å². The molecule has 0 aliphatic heterocycles. The minimum atomic E-state index is 0.345. The highest BCUT2D eigenvalue weighted by atomic mass is 32.2. The number of hydrogen-bond donors (Lipinski definition) is 0. The third kappa shape index (κ3) is 8.92. The first-order valence-electron chi connectivity index (χ1n) is 9.30. The molecule has 0 aliphatic rings. The summed E-state index contributed by atoms with van der Waals surface area (Å²) < 4.78 is 0. The van der Waals surface area contributed by atoms with E-state index >= 15 is 0 Å². The largest absolute Gasteiger partial charge is 0.157 e. The Morgan fingerprint density at radius 2 is 1.44 bits per heavy atom. The highest BCUT2D eigenvalue weighted by Gasteiger charge is 2.13. The van der Waals surface area contributed by atoms with Crippen molar-refractivity contribution >= 4 is 31.4 Å². The molecule has 0 saturated heterocycles. The quantitative estimate of drug-likeness (QED) is 0.300. The van der Waals surface area contributed by atoms with Crippen molar-refractivity contribution in [3.63, 3.8) is 0 Å². The van der Waals surface area contributed by atoms with Gasteiger partial charge in [0.1, 0.15) is 0 Å². The summed E-state index contributed by atoms with van der Waals surface area (Å²) in [6.07, 6.45) is 4.70. The fourth-order valence-electron chi connectivity index (χ4n) is 2.86. The normalized spacial score (nSPS) is 13.5. The van der Waals surface area contributed by atoms with Crippen molar-refractivity contribution in [3.05, 3.63) is 71.8 Å². The zero-order valence-corrected chi connectivity index (χ0v) is 16.9. The van der Waals surface area contributed by atoms with Crippen LogP contribution in [0.3, 0.4) is 0 Å². The molecule has 0 aliphatic carbocycles. The van der Waals surface area contributed by atoms with E-state index in [9.17, 15) is 0 Å². The molecule has 0 nitrogen and oxygen atoms in total. The van der Waals surface area contributed by atoms with Crippen molar-refractivity contribution in [2.75, 3.05) is 5.75 Å². The molecule has 2 aromatic rings. The molecule has 0 spiro atoms. The Morgan fingerprint density at radius 1 is 0.840 bits per heavy atom. The summed E-state index contributed by atoms with van der Waals surface area (Å²) in [6.45, 7) is 2.22. The monoisotopic (exact) mass is 368 g/mol. The highest BCUT2D eigenvalue weighted by Crippen LogP contribution is 2.30. The van der Waals surface area contributed by atoms with Gasteiger partial charge in [0.05, 0.1) is 7.85 Å². The van der Waals surface area contributed by atoms with Gasteiger partial charge in [-0.05, 0) is 29.7 Å². The van der Waals surface area contributed by atoms with Crippen molar-refractivity contribution in [2.45, 2.75) is 55.2 Å². The Balaban J connectivity index is 1.76. The van der Waals surface area contributed by atoms with Crippen molar-refractivity contribution in [3.8, 4) is 0 Å². The number of thioether (sulfide) groups is 2. The molecule has 2 aromatic carbocycles. The van der Waals surface area contributed by atoms with Crippen LogP contribution in [0, 0.1) is 0 Å². The molecule has 3 heteroatoms. The van der Waals surface area contributed by atoms with Gasteiger partial charge in [0.25, 0.3) is 0 Å². The maximum atomic E-state index is 6.33. The number of hydrogen-bond acceptors (Lipinski definition) is 2. The first-order valence-corrected chi connectivity index (χ1v) is 11.5. The smallest absolute Gasteiger partial charge is 0.0700 e. The second-order valence-electron chi connectivity index (χ2n) is 6.53. The van der Waals surface area contributed by atoms with Crippen molar-refractivity contribution in [1.82, 2.24) is 0 Å². The van der Waals surface area contributed by atoms with Crippen molar-refractivity contribution in [1.29, 1.82) is 0 Å². The van der Waals surface area contributed by atoms with Crippen LogP contribution in [0.15, 0.2) is 60.7 Å². The number of benzene rings is 2. The molecule has 132 valence electrons. The van der Waals surface area contributed by atoms with Gasteiger partial charge in [0.15, 0.2) is 0 Å². The molecule has 0 heterocycles. The summed E-state index contributed by atoms with van der Waals surface area (Å²) in [6, 6.07) is 21.5. The molecular weight excluding hydrogens is 339 g/mol. The zero-order chi connectivity index (χ0) is 17.7. The first-order chi connectivity index (χ1) is 12.3. The van der Waals surface area contributed by atoms with Gasteiger partial charge in [-0.3, -0.25) is 0 Å². The standard InChI is InChI=1S/C22H29BS2/c1-2-9-21(23)16-22(25-18-20-12-7-4-8-13-20)14-15-24-17-19-10-5-3-6-11-19/h3-8,10-13,21-22H,2,9,14-18H2,1H3. The van der Waals surface area contributed by atoms with Gasteiger partial charge in [-0.15, -0.1) is 0 Å². The van der Waals surface area contributed by atoms with Crippen molar-refractivity contribution < 1.29 is 0 Å². The Labute approximate surface area is 164 Å². The molecule has 0 bridgehead atoms. The predicted octanol–water partition coefficient (Wildman–Crippen LogP) is 6.76. The van der Waals surface area contributed by atoms with Crippen LogP contribution in [0.2, 0.25) is 5.82 Å². The molecule has 2 atom stereocenters. The van der Waals surface area contributed by atoms with E-state index in [4.69, 9.17) is 7.85 Å². The van der Waals surface area contributed by atoms with Crippen LogP contribution in [0.1, 0.15) is 43.7 Å².